The molecule has 2 amide bonds. The van der Waals surface area contributed by atoms with Crippen LogP contribution in [0.3, 0.4) is 0 Å². The Morgan fingerprint density at radius 2 is 2.25 bits per heavy atom. The molecule has 1 saturated heterocycles. The number of carbonyl (C=O) groups excluding carboxylic acids is 2. The molecule has 0 unspecified atom stereocenters. The van der Waals surface area contributed by atoms with Crippen LogP contribution in [0.25, 0.3) is 0 Å². The second-order valence-corrected chi connectivity index (χ2v) is 6.92. The highest BCUT2D eigenvalue weighted by atomic mass is 32.1. The molecule has 20 heavy (non-hydrogen) atoms. The van der Waals surface area contributed by atoms with Crippen molar-refractivity contribution in [3.8, 4) is 0 Å². The molecule has 0 radical (unpaired) electrons. The van der Waals surface area contributed by atoms with E-state index >= 15 is 0 Å². The molecule has 0 aromatic carbocycles. The first-order chi connectivity index (χ1) is 9.58. The fraction of sp³-hybridized carbons (Fsp3) is 0.600. The summed E-state index contributed by atoms with van der Waals surface area (Å²) in [5, 5.41) is 2.00. The maximum absolute atomic E-state index is 12.7. The Morgan fingerprint density at radius 1 is 1.50 bits per heavy atom. The van der Waals surface area contributed by atoms with E-state index < -0.39 is 0 Å². The van der Waals surface area contributed by atoms with Gasteiger partial charge in [-0.25, -0.2) is 0 Å². The molecular formula is C15H20N2O2S. The van der Waals surface area contributed by atoms with Gasteiger partial charge in [0.2, 0.25) is 11.8 Å². The molecule has 4 nitrogen and oxygen atoms in total. The fourth-order valence-corrected chi connectivity index (χ4v) is 3.93. The van der Waals surface area contributed by atoms with Gasteiger partial charge in [0.05, 0.1) is 12.0 Å². The van der Waals surface area contributed by atoms with Crippen molar-refractivity contribution in [1.82, 2.24) is 9.80 Å². The van der Waals surface area contributed by atoms with Gasteiger partial charge in [-0.05, 0) is 30.2 Å². The molecule has 0 bridgehead atoms. The second kappa shape index (κ2) is 5.20. The van der Waals surface area contributed by atoms with Crippen LogP contribution < -0.4 is 0 Å². The number of likely N-dealkylation sites (tertiary alicyclic amines) is 1. The minimum atomic E-state index is -0.227. The van der Waals surface area contributed by atoms with Crippen LogP contribution in [0.15, 0.2) is 17.5 Å². The summed E-state index contributed by atoms with van der Waals surface area (Å²) in [6, 6.07) is 3.91. The Bertz CT molecular complexity index is 510. The Balaban J connectivity index is 1.79. The third-order valence-corrected chi connectivity index (χ3v) is 5.29. The Hall–Kier alpha value is -1.36. The lowest BCUT2D eigenvalue weighted by Gasteiger charge is -2.27. The average Bonchev–Trinajstić information content (AvgIpc) is 2.97. The number of rotatable bonds is 4. The Kier molecular flexibility index (Phi) is 3.54. The summed E-state index contributed by atoms with van der Waals surface area (Å²) >= 11 is 1.62. The molecule has 2 heterocycles. The van der Waals surface area contributed by atoms with Crippen LogP contribution in [0.5, 0.6) is 0 Å². The first-order valence-electron chi connectivity index (χ1n) is 7.12. The number of amides is 2. The SMILES string of the molecule is CN(CC1CC1)C(=O)[C@H]1CC(=O)N(C)[C@@H]1c1cccs1. The van der Waals surface area contributed by atoms with Crippen molar-refractivity contribution < 1.29 is 9.59 Å². The summed E-state index contributed by atoms with van der Waals surface area (Å²) in [7, 11) is 3.68. The van der Waals surface area contributed by atoms with E-state index in [2.05, 4.69) is 0 Å². The number of hydrogen-bond acceptors (Lipinski definition) is 3. The van der Waals surface area contributed by atoms with Gasteiger partial charge < -0.3 is 9.80 Å². The third-order valence-electron chi connectivity index (χ3n) is 4.34. The molecule has 2 fully saturated rings. The van der Waals surface area contributed by atoms with Gasteiger partial charge >= 0.3 is 0 Å². The number of hydrogen-bond donors (Lipinski definition) is 0. The maximum Gasteiger partial charge on any atom is 0.228 e. The predicted octanol–water partition coefficient (Wildman–Crippen LogP) is 2.14. The second-order valence-electron chi connectivity index (χ2n) is 5.94. The monoisotopic (exact) mass is 292 g/mol. The van der Waals surface area contributed by atoms with Gasteiger partial charge in [0, 0.05) is 31.9 Å². The normalized spacial score (nSPS) is 26.1. The van der Waals surface area contributed by atoms with Crippen molar-refractivity contribution in [2.45, 2.75) is 25.3 Å². The maximum atomic E-state index is 12.7. The van der Waals surface area contributed by atoms with Crippen LogP contribution in [0.4, 0.5) is 0 Å². The Morgan fingerprint density at radius 3 is 2.85 bits per heavy atom. The summed E-state index contributed by atoms with van der Waals surface area (Å²) in [6.07, 6.45) is 2.80. The highest BCUT2D eigenvalue weighted by Gasteiger charge is 2.44. The van der Waals surface area contributed by atoms with E-state index in [1.807, 2.05) is 29.5 Å². The van der Waals surface area contributed by atoms with Crippen LogP contribution in [-0.2, 0) is 9.59 Å². The smallest absolute Gasteiger partial charge is 0.228 e. The molecule has 1 saturated carbocycles. The van der Waals surface area contributed by atoms with Crippen LogP contribution in [0.1, 0.15) is 30.2 Å². The Labute approximate surface area is 123 Å². The molecule has 1 aromatic heterocycles. The number of thiophene rings is 1. The van der Waals surface area contributed by atoms with E-state index in [1.165, 1.54) is 12.8 Å². The standard InChI is InChI=1S/C15H20N2O2S/c1-16(9-10-5-6-10)15(19)11-8-13(18)17(2)14(11)12-4-3-7-20-12/h3-4,7,10-11,14H,5-6,8-9H2,1-2H3/t11-,14-/m0/s1. The number of nitrogens with zero attached hydrogens (tertiary/aromatic N) is 2. The van der Waals surface area contributed by atoms with E-state index in [9.17, 15) is 9.59 Å². The van der Waals surface area contributed by atoms with Crippen LogP contribution in [0.2, 0.25) is 0 Å². The zero-order chi connectivity index (χ0) is 14.3. The van der Waals surface area contributed by atoms with Crippen molar-refractivity contribution in [2.75, 3.05) is 20.6 Å². The quantitative estimate of drug-likeness (QED) is 0.853. The molecular weight excluding hydrogens is 272 g/mol. The van der Waals surface area contributed by atoms with Crippen molar-refractivity contribution >= 4 is 23.2 Å². The summed E-state index contributed by atoms with van der Waals surface area (Å²) in [4.78, 5) is 29.3. The molecule has 3 rings (SSSR count). The predicted molar refractivity (Wildman–Crippen MR) is 78.3 cm³/mol. The fourth-order valence-electron chi connectivity index (χ4n) is 3.00. The van der Waals surface area contributed by atoms with E-state index in [1.54, 1.807) is 23.3 Å². The van der Waals surface area contributed by atoms with E-state index in [0.717, 1.165) is 11.4 Å². The lowest BCUT2D eigenvalue weighted by atomic mass is 9.97. The summed E-state index contributed by atoms with van der Waals surface area (Å²) in [5.41, 5.74) is 0. The minimum absolute atomic E-state index is 0.0709. The van der Waals surface area contributed by atoms with Gasteiger partial charge in [-0.3, -0.25) is 9.59 Å². The van der Waals surface area contributed by atoms with Gasteiger partial charge in [0.1, 0.15) is 0 Å². The van der Waals surface area contributed by atoms with Crippen LogP contribution >= 0.6 is 11.3 Å². The molecule has 0 spiro atoms. The van der Waals surface area contributed by atoms with Crippen LogP contribution in [-0.4, -0.2) is 42.3 Å². The lowest BCUT2D eigenvalue weighted by molar-refractivity contribution is -0.135. The highest BCUT2D eigenvalue weighted by Crippen LogP contribution is 2.40. The van der Waals surface area contributed by atoms with E-state index in [0.29, 0.717) is 12.3 Å². The summed E-state index contributed by atoms with van der Waals surface area (Å²) in [6.45, 7) is 0.838. The van der Waals surface area contributed by atoms with Crippen LogP contribution in [0, 0.1) is 11.8 Å². The van der Waals surface area contributed by atoms with E-state index in [4.69, 9.17) is 0 Å². The third kappa shape index (κ3) is 2.46. The molecule has 2 atom stereocenters. The van der Waals surface area contributed by atoms with Gasteiger partial charge in [-0.2, -0.15) is 0 Å². The molecule has 5 heteroatoms. The first-order valence-corrected chi connectivity index (χ1v) is 8.00. The van der Waals surface area contributed by atoms with E-state index in [-0.39, 0.29) is 23.8 Å². The molecule has 1 aliphatic heterocycles. The van der Waals surface area contributed by atoms with Gasteiger partial charge in [0.25, 0.3) is 0 Å². The van der Waals surface area contributed by atoms with Crippen molar-refractivity contribution in [3.05, 3.63) is 22.4 Å². The highest BCUT2D eigenvalue weighted by molar-refractivity contribution is 7.10. The largest absolute Gasteiger partial charge is 0.345 e. The van der Waals surface area contributed by atoms with Crippen molar-refractivity contribution in [3.63, 3.8) is 0 Å². The molecule has 1 aromatic rings. The molecule has 1 aliphatic carbocycles. The topological polar surface area (TPSA) is 40.6 Å². The number of carbonyl (C=O) groups is 2. The van der Waals surface area contributed by atoms with Crippen molar-refractivity contribution in [2.24, 2.45) is 11.8 Å². The zero-order valence-corrected chi connectivity index (χ0v) is 12.7. The van der Waals surface area contributed by atoms with Gasteiger partial charge in [-0.1, -0.05) is 6.07 Å². The van der Waals surface area contributed by atoms with Crippen molar-refractivity contribution in [1.29, 1.82) is 0 Å². The van der Waals surface area contributed by atoms with Gasteiger partial charge in [-0.15, -0.1) is 11.3 Å². The lowest BCUT2D eigenvalue weighted by Crippen LogP contribution is -2.36. The first kappa shape index (κ1) is 13.6. The average molecular weight is 292 g/mol. The molecule has 108 valence electrons. The van der Waals surface area contributed by atoms with Gasteiger partial charge in [0.15, 0.2) is 0 Å². The minimum Gasteiger partial charge on any atom is -0.345 e. The zero-order valence-electron chi connectivity index (χ0n) is 11.9. The summed E-state index contributed by atoms with van der Waals surface area (Å²) < 4.78 is 0. The molecule has 2 aliphatic rings. The summed E-state index contributed by atoms with van der Waals surface area (Å²) in [5.74, 6) is 0.642. The molecule has 0 N–H and O–H groups in total.